The van der Waals surface area contributed by atoms with Gasteiger partial charge in [-0.05, 0) is 42.4 Å². The van der Waals surface area contributed by atoms with Gasteiger partial charge in [-0.1, -0.05) is 55.8 Å². The van der Waals surface area contributed by atoms with Crippen LogP contribution in [0.15, 0.2) is 43.0 Å². The van der Waals surface area contributed by atoms with Crippen LogP contribution >= 0.6 is 0 Å². The summed E-state index contributed by atoms with van der Waals surface area (Å²) < 4.78 is 0. The van der Waals surface area contributed by atoms with Crippen LogP contribution in [0.25, 0.3) is 5.57 Å². The predicted molar refractivity (Wildman–Crippen MR) is 71.4 cm³/mol. The molecule has 0 saturated carbocycles. The van der Waals surface area contributed by atoms with Crippen molar-refractivity contribution in [3.63, 3.8) is 0 Å². The van der Waals surface area contributed by atoms with Crippen molar-refractivity contribution in [3.05, 3.63) is 54.1 Å². The van der Waals surface area contributed by atoms with Crippen molar-refractivity contribution >= 4 is 5.57 Å². The number of benzene rings is 1. The number of hydrogen-bond donors (Lipinski definition) is 0. The van der Waals surface area contributed by atoms with E-state index >= 15 is 0 Å². The zero-order chi connectivity index (χ0) is 11.2. The largest absolute Gasteiger partial charge is 0.0912 e. The summed E-state index contributed by atoms with van der Waals surface area (Å²) in [5.74, 6) is 0. The molecule has 1 aromatic carbocycles. The third-order valence-corrected chi connectivity index (χ3v) is 3.25. The Labute approximate surface area is 98.7 Å². The van der Waals surface area contributed by atoms with Crippen LogP contribution in [0.5, 0.6) is 0 Å². The molecule has 0 saturated heterocycles. The molecule has 2 rings (SSSR count). The first kappa shape index (κ1) is 11.2. The van der Waals surface area contributed by atoms with E-state index in [1.165, 1.54) is 49.7 Å². The van der Waals surface area contributed by atoms with Gasteiger partial charge in [0.15, 0.2) is 0 Å². The highest BCUT2D eigenvalue weighted by Crippen LogP contribution is 2.22. The van der Waals surface area contributed by atoms with Crippen LogP contribution < -0.4 is 0 Å². The summed E-state index contributed by atoms with van der Waals surface area (Å²) in [6, 6.07) is 8.68. The van der Waals surface area contributed by atoms with Crippen LogP contribution in [0.3, 0.4) is 0 Å². The van der Waals surface area contributed by atoms with Gasteiger partial charge in [-0.3, -0.25) is 0 Å². The molecule has 0 amide bonds. The van der Waals surface area contributed by atoms with Crippen LogP contribution in [0.2, 0.25) is 0 Å². The fourth-order valence-electron chi connectivity index (χ4n) is 2.30. The molecule has 0 heterocycles. The van der Waals surface area contributed by atoms with E-state index in [2.05, 4.69) is 43.0 Å². The monoisotopic (exact) mass is 212 g/mol. The summed E-state index contributed by atoms with van der Waals surface area (Å²) in [5.41, 5.74) is 3.96. The average Bonchev–Trinajstić information content (AvgIpc) is 2.35. The van der Waals surface area contributed by atoms with E-state index in [1.54, 1.807) is 0 Å². The van der Waals surface area contributed by atoms with Gasteiger partial charge in [0.2, 0.25) is 0 Å². The molecule has 0 nitrogen and oxygen atoms in total. The van der Waals surface area contributed by atoms with Gasteiger partial charge >= 0.3 is 0 Å². The van der Waals surface area contributed by atoms with Crippen LogP contribution in [-0.4, -0.2) is 0 Å². The van der Waals surface area contributed by atoms with Crippen molar-refractivity contribution in [2.24, 2.45) is 0 Å². The second kappa shape index (κ2) is 5.69. The van der Waals surface area contributed by atoms with Crippen molar-refractivity contribution in [2.45, 2.75) is 38.5 Å². The SMILES string of the molecule is C=C1/C=C/CCCCCCc2ccccc21. The lowest BCUT2D eigenvalue weighted by Gasteiger charge is -2.08. The van der Waals surface area contributed by atoms with Crippen molar-refractivity contribution in [3.8, 4) is 0 Å². The van der Waals surface area contributed by atoms with E-state index in [-0.39, 0.29) is 0 Å². The van der Waals surface area contributed by atoms with Gasteiger partial charge in [-0.25, -0.2) is 0 Å². The zero-order valence-corrected chi connectivity index (χ0v) is 9.91. The lowest BCUT2D eigenvalue weighted by Crippen LogP contribution is -1.92. The Morgan fingerprint density at radius 2 is 1.75 bits per heavy atom. The smallest absolute Gasteiger partial charge is 0.0158 e. The second-order valence-electron chi connectivity index (χ2n) is 4.54. The predicted octanol–water partition coefficient (Wildman–Crippen LogP) is 4.76. The van der Waals surface area contributed by atoms with Gasteiger partial charge in [0.1, 0.15) is 0 Å². The summed E-state index contributed by atoms with van der Waals surface area (Å²) in [6.45, 7) is 4.17. The first-order valence-corrected chi connectivity index (χ1v) is 6.31. The zero-order valence-electron chi connectivity index (χ0n) is 9.91. The Bertz CT molecular complexity index is 385. The highest BCUT2D eigenvalue weighted by molar-refractivity contribution is 5.74. The molecule has 84 valence electrons. The molecule has 1 aromatic rings. The summed E-state index contributed by atoms with van der Waals surface area (Å²) in [7, 11) is 0. The molecule has 1 aliphatic rings. The lowest BCUT2D eigenvalue weighted by atomic mass is 9.97. The standard InChI is InChI=1S/C16H20/c1-14-10-6-4-2-3-5-7-11-15-12-8-9-13-16(14)15/h6,8-10,12-13H,1-5,7,11H2/b10-6+. The third-order valence-electron chi connectivity index (χ3n) is 3.25. The first-order chi connectivity index (χ1) is 7.88. The molecule has 0 spiro atoms. The Morgan fingerprint density at radius 3 is 2.69 bits per heavy atom. The number of aryl methyl sites for hydroxylation is 1. The van der Waals surface area contributed by atoms with Gasteiger partial charge in [0.25, 0.3) is 0 Å². The fourth-order valence-corrected chi connectivity index (χ4v) is 2.30. The fraction of sp³-hybridized carbons (Fsp3) is 0.375. The minimum atomic E-state index is 1.16. The topological polar surface area (TPSA) is 0 Å². The summed E-state index contributed by atoms with van der Waals surface area (Å²) >= 11 is 0. The van der Waals surface area contributed by atoms with Crippen LogP contribution in [0.1, 0.15) is 43.2 Å². The molecular weight excluding hydrogens is 192 g/mol. The Kier molecular flexibility index (Phi) is 3.98. The van der Waals surface area contributed by atoms with E-state index in [1.807, 2.05) is 0 Å². The molecule has 1 aliphatic carbocycles. The van der Waals surface area contributed by atoms with Gasteiger partial charge in [0, 0.05) is 0 Å². The molecule has 16 heavy (non-hydrogen) atoms. The highest BCUT2D eigenvalue weighted by Gasteiger charge is 2.04. The minimum Gasteiger partial charge on any atom is -0.0912 e. The van der Waals surface area contributed by atoms with E-state index in [4.69, 9.17) is 0 Å². The molecule has 0 radical (unpaired) electrons. The Hall–Kier alpha value is -1.30. The summed E-state index contributed by atoms with van der Waals surface area (Å²) in [5, 5.41) is 0. The number of allylic oxidation sites excluding steroid dienone is 3. The third kappa shape index (κ3) is 2.85. The first-order valence-electron chi connectivity index (χ1n) is 6.31. The molecule has 0 unspecified atom stereocenters. The molecule has 0 N–H and O–H groups in total. The van der Waals surface area contributed by atoms with Crippen molar-refractivity contribution < 1.29 is 0 Å². The number of rotatable bonds is 0. The van der Waals surface area contributed by atoms with Crippen LogP contribution in [-0.2, 0) is 6.42 Å². The van der Waals surface area contributed by atoms with Gasteiger partial charge in [0.05, 0.1) is 0 Å². The quantitative estimate of drug-likeness (QED) is 0.581. The number of hydrogen-bond acceptors (Lipinski definition) is 0. The molecule has 0 bridgehead atoms. The van der Waals surface area contributed by atoms with Crippen molar-refractivity contribution in [1.29, 1.82) is 0 Å². The Morgan fingerprint density at radius 1 is 0.938 bits per heavy atom. The van der Waals surface area contributed by atoms with Gasteiger partial charge in [-0.2, -0.15) is 0 Å². The molecular formula is C16H20. The summed E-state index contributed by atoms with van der Waals surface area (Å²) in [6.07, 6.45) is 12.2. The van der Waals surface area contributed by atoms with Crippen molar-refractivity contribution in [2.75, 3.05) is 0 Å². The molecule has 0 aromatic heterocycles. The van der Waals surface area contributed by atoms with E-state index in [0.29, 0.717) is 0 Å². The average molecular weight is 212 g/mol. The van der Waals surface area contributed by atoms with Gasteiger partial charge in [-0.15, -0.1) is 0 Å². The minimum absolute atomic E-state index is 1.16. The molecule has 0 aliphatic heterocycles. The maximum absolute atomic E-state index is 4.17. The van der Waals surface area contributed by atoms with E-state index in [9.17, 15) is 0 Å². The highest BCUT2D eigenvalue weighted by atomic mass is 14.1. The Balaban J connectivity index is 2.26. The van der Waals surface area contributed by atoms with E-state index < -0.39 is 0 Å². The molecule has 0 fully saturated rings. The van der Waals surface area contributed by atoms with Crippen molar-refractivity contribution in [1.82, 2.24) is 0 Å². The maximum Gasteiger partial charge on any atom is -0.0158 e. The normalized spacial score (nSPS) is 19.6. The lowest BCUT2D eigenvalue weighted by molar-refractivity contribution is 0.646. The maximum atomic E-state index is 4.17. The van der Waals surface area contributed by atoms with E-state index in [0.717, 1.165) is 5.57 Å². The molecule has 0 heteroatoms. The number of fused-ring (bicyclic) bond motifs is 1. The van der Waals surface area contributed by atoms with Crippen LogP contribution in [0.4, 0.5) is 0 Å². The van der Waals surface area contributed by atoms with Gasteiger partial charge < -0.3 is 0 Å². The summed E-state index contributed by atoms with van der Waals surface area (Å²) in [4.78, 5) is 0. The molecule has 0 atom stereocenters. The van der Waals surface area contributed by atoms with Crippen LogP contribution in [0, 0.1) is 0 Å². The second-order valence-corrected chi connectivity index (χ2v) is 4.54.